The van der Waals surface area contributed by atoms with Gasteiger partial charge in [0.1, 0.15) is 11.3 Å². The Balaban J connectivity index is 1.82. The maximum atomic E-state index is 11.9. The summed E-state index contributed by atoms with van der Waals surface area (Å²) in [6, 6.07) is 15.7. The van der Waals surface area contributed by atoms with Crippen LogP contribution in [0.25, 0.3) is 11.0 Å². The molecular weight excluding hydrogens is 314 g/mol. The van der Waals surface area contributed by atoms with Crippen molar-refractivity contribution in [3.8, 4) is 5.75 Å². The maximum absolute atomic E-state index is 11.9. The molecule has 1 heterocycles. The molecule has 2 aromatic carbocycles. The van der Waals surface area contributed by atoms with Crippen molar-refractivity contribution in [3.05, 3.63) is 75.6 Å². The van der Waals surface area contributed by atoms with E-state index in [-0.39, 0.29) is 5.63 Å². The molecule has 130 valence electrons. The molecule has 4 heteroatoms. The molecular formula is C21H23NO3. The normalized spacial score (nSPS) is 11.2. The van der Waals surface area contributed by atoms with E-state index in [0.717, 1.165) is 29.7 Å². The fourth-order valence-electron chi connectivity index (χ4n) is 3.01. The summed E-state index contributed by atoms with van der Waals surface area (Å²) < 4.78 is 10.6. The Kier molecular flexibility index (Phi) is 5.19. The van der Waals surface area contributed by atoms with Crippen LogP contribution in [0.2, 0.25) is 0 Å². The highest BCUT2D eigenvalue weighted by Crippen LogP contribution is 2.21. The van der Waals surface area contributed by atoms with E-state index in [1.54, 1.807) is 13.2 Å². The Bertz CT molecular complexity index is 913. The van der Waals surface area contributed by atoms with Crippen LogP contribution in [-0.2, 0) is 19.5 Å². The molecule has 3 aromatic rings. The molecule has 0 amide bonds. The maximum Gasteiger partial charge on any atom is 0.336 e. The molecule has 0 saturated heterocycles. The van der Waals surface area contributed by atoms with Crippen LogP contribution in [0.1, 0.15) is 23.6 Å². The Hall–Kier alpha value is -2.59. The monoisotopic (exact) mass is 337 g/mol. The predicted octanol–water partition coefficient (Wildman–Crippen LogP) is 4.00. The zero-order valence-electron chi connectivity index (χ0n) is 14.9. The van der Waals surface area contributed by atoms with Gasteiger partial charge in [-0.2, -0.15) is 0 Å². The second kappa shape index (κ2) is 7.53. The van der Waals surface area contributed by atoms with E-state index in [1.165, 1.54) is 11.1 Å². The average Bonchev–Trinajstić information content (AvgIpc) is 2.61. The lowest BCUT2D eigenvalue weighted by Crippen LogP contribution is -2.18. The van der Waals surface area contributed by atoms with E-state index in [0.29, 0.717) is 12.1 Å². The SMILES string of the molecule is CCc1ccc2c(CN(C)Cc3ccc(OC)cc3)cc(=O)oc2c1. The van der Waals surface area contributed by atoms with Gasteiger partial charge in [-0.1, -0.05) is 31.2 Å². The van der Waals surface area contributed by atoms with Gasteiger partial charge >= 0.3 is 5.63 Å². The Labute approximate surface area is 147 Å². The average molecular weight is 337 g/mol. The van der Waals surface area contributed by atoms with Gasteiger partial charge in [0.2, 0.25) is 0 Å². The van der Waals surface area contributed by atoms with Crippen molar-refractivity contribution in [3.63, 3.8) is 0 Å². The van der Waals surface area contributed by atoms with Crippen molar-refractivity contribution < 1.29 is 9.15 Å². The largest absolute Gasteiger partial charge is 0.497 e. The summed E-state index contributed by atoms with van der Waals surface area (Å²) in [4.78, 5) is 14.1. The van der Waals surface area contributed by atoms with Crippen molar-refractivity contribution in [2.45, 2.75) is 26.4 Å². The highest BCUT2D eigenvalue weighted by molar-refractivity contribution is 5.80. The predicted molar refractivity (Wildman–Crippen MR) is 100 cm³/mol. The number of hydrogen-bond donors (Lipinski definition) is 0. The third-order valence-corrected chi connectivity index (χ3v) is 4.35. The quantitative estimate of drug-likeness (QED) is 0.638. The molecule has 3 rings (SSSR count). The van der Waals surface area contributed by atoms with E-state index < -0.39 is 0 Å². The minimum Gasteiger partial charge on any atom is -0.497 e. The van der Waals surface area contributed by atoms with Crippen molar-refractivity contribution in [2.75, 3.05) is 14.2 Å². The van der Waals surface area contributed by atoms with E-state index in [4.69, 9.17) is 9.15 Å². The Morgan fingerprint density at radius 1 is 1.00 bits per heavy atom. The van der Waals surface area contributed by atoms with Gasteiger partial charge in [-0.3, -0.25) is 4.90 Å². The molecule has 0 saturated carbocycles. The number of rotatable bonds is 6. The lowest BCUT2D eigenvalue weighted by Gasteiger charge is -2.18. The summed E-state index contributed by atoms with van der Waals surface area (Å²) in [6.07, 6.45) is 0.918. The van der Waals surface area contributed by atoms with Crippen LogP contribution in [0.4, 0.5) is 0 Å². The second-order valence-corrected chi connectivity index (χ2v) is 6.30. The van der Waals surface area contributed by atoms with Gasteiger partial charge in [-0.25, -0.2) is 4.79 Å². The van der Waals surface area contributed by atoms with Crippen LogP contribution in [0, 0.1) is 0 Å². The van der Waals surface area contributed by atoms with Gasteiger partial charge in [0.25, 0.3) is 0 Å². The molecule has 0 unspecified atom stereocenters. The molecule has 0 aliphatic heterocycles. The topological polar surface area (TPSA) is 42.7 Å². The van der Waals surface area contributed by atoms with Crippen molar-refractivity contribution >= 4 is 11.0 Å². The third-order valence-electron chi connectivity index (χ3n) is 4.35. The minimum atomic E-state index is -0.298. The first-order valence-corrected chi connectivity index (χ1v) is 8.46. The van der Waals surface area contributed by atoms with Crippen LogP contribution in [0.15, 0.2) is 57.7 Å². The summed E-state index contributed by atoms with van der Waals surface area (Å²) in [5.74, 6) is 0.852. The summed E-state index contributed by atoms with van der Waals surface area (Å²) >= 11 is 0. The summed E-state index contributed by atoms with van der Waals surface area (Å²) in [5, 5.41) is 0.999. The molecule has 0 atom stereocenters. The smallest absolute Gasteiger partial charge is 0.336 e. The zero-order chi connectivity index (χ0) is 17.8. The first-order valence-electron chi connectivity index (χ1n) is 8.46. The molecule has 25 heavy (non-hydrogen) atoms. The van der Waals surface area contributed by atoms with Gasteiger partial charge in [0.15, 0.2) is 0 Å². The molecule has 0 radical (unpaired) electrons. The summed E-state index contributed by atoms with van der Waals surface area (Å²) in [5.41, 5.74) is 3.72. The summed E-state index contributed by atoms with van der Waals surface area (Å²) in [6.45, 7) is 3.56. The van der Waals surface area contributed by atoms with Crippen LogP contribution >= 0.6 is 0 Å². The van der Waals surface area contributed by atoms with Gasteiger partial charge in [-0.15, -0.1) is 0 Å². The lowest BCUT2D eigenvalue weighted by atomic mass is 10.1. The molecule has 1 aromatic heterocycles. The van der Waals surface area contributed by atoms with E-state index >= 15 is 0 Å². The highest BCUT2D eigenvalue weighted by Gasteiger charge is 2.09. The number of methoxy groups -OCH3 is 1. The molecule has 0 N–H and O–H groups in total. The Morgan fingerprint density at radius 3 is 2.40 bits per heavy atom. The zero-order valence-corrected chi connectivity index (χ0v) is 14.9. The number of aryl methyl sites for hydroxylation is 1. The van der Waals surface area contributed by atoms with Gasteiger partial charge < -0.3 is 9.15 Å². The molecule has 0 aliphatic rings. The molecule has 4 nitrogen and oxygen atoms in total. The fourth-order valence-corrected chi connectivity index (χ4v) is 3.01. The standard InChI is InChI=1S/C21H23NO3/c1-4-15-7-10-19-17(12-21(23)25-20(19)11-15)14-22(2)13-16-5-8-18(24-3)9-6-16/h5-12H,4,13-14H2,1-3H3. The number of ether oxygens (including phenoxy) is 1. The number of benzene rings is 2. The number of nitrogens with zero attached hydrogens (tertiary/aromatic N) is 1. The first kappa shape index (κ1) is 17.2. The van der Waals surface area contributed by atoms with Gasteiger partial charge in [0, 0.05) is 24.5 Å². The van der Waals surface area contributed by atoms with Crippen LogP contribution in [0.3, 0.4) is 0 Å². The highest BCUT2D eigenvalue weighted by atomic mass is 16.5. The van der Waals surface area contributed by atoms with Crippen LogP contribution in [-0.4, -0.2) is 19.1 Å². The van der Waals surface area contributed by atoms with E-state index in [2.05, 4.69) is 30.0 Å². The van der Waals surface area contributed by atoms with Crippen LogP contribution in [0.5, 0.6) is 5.75 Å². The van der Waals surface area contributed by atoms with Crippen molar-refractivity contribution in [2.24, 2.45) is 0 Å². The Morgan fingerprint density at radius 2 is 1.72 bits per heavy atom. The number of hydrogen-bond acceptors (Lipinski definition) is 4. The van der Waals surface area contributed by atoms with E-state index in [1.807, 2.05) is 31.3 Å². The first-order chi connectivity index (χ1) is 12.1. The van der Waals surface area contributed by atoms with Gasteiger partial charge in [-0.05, 0) is 48.4 Å². The lowest BCUT2D eigenvalue weighted by molar-refractivity contribution is 0.319. The fraction of sp³-hybridized carbons (Fsp3) is 0.286. The van der Waals surface area contributed by atoms with Gasteiger partial charge in [0.05, 0.1) is 7.11 Å². The molecule has 0 fully saturated rings. The number of fused-ring (bicyclic) bond motifs is 1. The minimum absolute atomic E-state index is 0.298. The third kappa shape index (κ3) is 4.09. The van der Waals surface area contributed by atoms with E-state index in [9.17, 15) is 4.79 Å². The molecule has 0 bridgehead atoms. The second-order valence-electron chi connectivity index (χ2n) is 6.30. The van der Waals surface area contributed by atoms with Crippen LogP contribution < -0.4 is 10.4 Å². The molecule has 0 spiro atoms. The summed E-state index contributed by atoms with van der Waals surface area (Å²) in [7, 11) is 3.71. The molecule has 0 aliphatic carbocycles. The van der Waals surface area contributed by atoms with Crippen molar-refractivity contribution in [1.82, 2.24) is 4.90 Å². The van der Waals surface area contributed by atoms with Crippen molar-refractivity contribution in [1.29, 1.82) is 0 Å².